The Morgan fingerprint density at radius 2 is 2.02 bits per heavy atom. The van der Waals surface area contributed by atoms with Crippen molar-refractivity contribution < 1.29 is 23.0 Å². The number of nitriles is 1. The second kappa shape index (κ2) is 14.3. The fourth-order valence-corrected chi connectivity index (χ4v) is 9.64. The maximum absolute atomic E-state index is 17.0. The summed E-state index contributed by atoms with van der Waals surface area (Å²) in [5.74, 6) is -0.401. The number of likely N-dealkylation sites (tertiary alicyclic amines) is 1. The van der Waals surface area contributed by atoms with Gasteiger partial charge in [0.2, 0.25) is 5.91 Å². The number of rotatable bonds is 9. The van der Waals surface area contributed by atoms with E-state index in [0.29, 0.717) is 65.8 Å². The number of amides is 1. The van der Waals surface area contributed by atoms with Gasteiger partial charge in [0.05, 0.1) is 42.2 Å². The Morgan fingerprint density at radius 1 is 1.15 bits per heavy atom. The molecule has 2 bridgehead atoms. The maximum atomic E-state index is 17.0. The van der Waals surface area contributed by atoms with Crippen LogP contribution in [-0.2, 0) is 9.53 Å². The number of aromatic nitrogens is 3. The molecule has 0 N–H and O–H groups in total. The number of carbonyl (C=O) groups excluding carboxylic acids is 1. The van der Waals surface area contributed by atoms with Crippen LogP contribution >= 0.6 is 11.6 Å². The molecule has 0 aliphatic carbocycles. The van der Waals surface area contributed by atoms with Gasteiger partial charge in [-0.15, -0.1) is 0 Å². The van der Waals surface area contributed by atoms with Gasteiger partial charge in [-0.25, -0.2) is 8.78 Å². The number of alkyl halides is 1. The molecule has 14 heteroatoms. The number of fused-ring (bicyclic) bond motifs is 5. The standard InChI is InChI=1S/C40H41ClF2N8O3/c41-32-8-2-6-25-5-1-7-30(34(25)32)36-35(43)37-31(19-45-36)38(47-39(46-37)54-24-40-11-4-14-50(40)20-26(42)18-40)49-15-16-51(27(21-49)10-12-44)33(52)9-3-13-48-22-29-17-28(48)23-53-29/h1-3,5-9,19,26-29H,4,10-11,13-18,20-24H2/b9-3+/t26-,27+,28-,29-,40+/m1/s1. The molecule has 2 aromatic heterocycles. The van der Waals surface area contributed by atoms with Gasteiger partial charge in [-0.3, -0.25) is 19.6 Å². The molecule has 280 valence electrons. The van der Waals surface area contributed by atoms with Crippen molar-refractivity contribution in [2.75, 3.05) is 63.9 Å². The molecule has 5 aliphatic rings. The first-order valence-corrected chi connectivity index (χ1v) is 19.2. The number of nitrogens with zero attached hydrogens (tertiary/aromatic N) is 8. The number of piperazine rings is 1. The van der Waals surface area contributed by atoms with E-state index >= 15 is 4.39 Å². The topological polar surface area (TPSA) is 111 Å². The van der Waals surface area contributed by atoms with Crippen molar-refractivity contribution in [2.45, 2.75) is 62.0 Å². The first kappa shape index (κ1) is 35.2. The number of hydrogen-bond acceptors (Lipinski definition) is 10. The van der Waals surface area contributed by atoms with E-state index in [1.807, 2.05) is 35.2 Å². The predicted octanol–water partition coefficient (Wildman–Crippen LogP) is 5.55. The maximum Gasteiger partial charge on any atom is 0.319 e. The minimum absolute atomic E-state index is 0.0210. The molecule has 5 aliphatic heterocycles. The number of carbonyl (C=O) groups is 1. The van der Waals surface area contributed by atoms with Gasteiger partial charge in [0.15, 0.2) is 5.82 Å². The highest BCUT2D eigenvalue weighted by Gasteiger charge is 2.49. The Kier molecular flexibility index (Phi) is 9.33. The SMILES string of the molecule is N#CC[C@H]1CN(c2nc(OC[C@@]34CCCN3C[C@H](F)C4)nc3c(F)c(-c4cccc5cccc(Cl)c45)ncc23)CCN1C(=O)/C=C/CN1C[C@H]2C[C@@H]1CO2. The lowest BCUT2D eigenvalue weighted by molar-refractivity contribution is -0.128. The first-order chi connectivity index (χ1) is 26.3. The molecule has 5 fully saturated rings. The van der Waals surface area contributed by atoms with Gasteiger partial charge in [-0.05, 0) is 37.3 Å². The highest BCUT2D eigenvalue weighted by molar-refractivity contribution is 6.36. The van der Waals surface area contributed by atoms with Crippen LogP contribution in [0.2, 0.25) is 5.02 Å². The van der Waals surface area contributed by atoms with Gasteiger partial charge in [0.25, 0.3) is 0 Å². The molecule has 4 aromatic rings. The quantitative estimate of drug-likeness (QED) is 0.202. The molecule has 0 radical (unpaired) electrons. The average molecular weight is 755 g/mol. The van der Waals surface area contributed by atoms with Crippen molar-refractivity contribution in [3.8, 4) is 23.3 Å². The molecule has 9 rings (SSSR count). The van der Waals surface area contributed by atoms with Gasteiger partial charge in [-0.1, -0.05) is 48.0 Å². The highest BCUT2D eigenvalue weighted by atomic mass is 35.5. The molecule has 5 atom stereocenters. The summed E-state index contributed by atoms with van der Waals surface area (Å²) < 4.78 is 43.6. The van der Waals surface area contributed by atoms with Crippen LogP contribution in [0.4, 0.5) is 14.6 Å². The zero-order chi connectivity index (χ0) is 37.0. The summed E-state index contributed by atoms with van der Waals surface area (Å²) in [6.07, 6.45) is 7.68. The molecule has 0 spiro atoms. The zero-order valence-corrected chi connectivity index (χ0v) is 30.6. The number of anilines is 1. The molecular weight excluding hydrogens is 714 g/mol. The second-order valence-electron chi connectivity index (χ2n) is 15.2. The van der Waals surface area contributed by atoms with E-state index in [4.69, 9.17) is 26.1 Å². The Hall–Kier alpha value is -4.48. The Balaban J connectivity index is 1.04. The third-order valence-corrected chi connectivity index (χ3v) is 12.3. The largest absolute Gasteiger partial charge is 0.461 e. The Morgan fingerprint density at radius 3 is 2.83 bits per heavy atom. The van der Waals surface area contributed by atoms with Crippen LogP contribution in [0.25, 0.3) is 32.9 Å². The van der Waals surface area contributed by atoms with Crippen LogP contribution in [0.15, 0.2) is 54.7 Å². The van der Waals surface area contributed by atoms with Gasteiger partial charge >= 0.3 is 6.01 Å². The van der Waals surface area contributed by atoms with Gasteiger partial charge < -0.3 is 19.3 Å². The monoisotopic (exact) mass is 754 g/mol. The molecular formula is C40H41ClF2N8O3. The predicted molar refractivity (Wildman–Crippen MR) is 201 cm³/mol. The van der Waals surface area contributed by atoms with Crippen LogP contribution < -0.4 is 9.64 Å². The zero-order valence-electron chi connectivity index (χ0n) is 29.8. The average Bonchev–Trinajstić information content (AvgIpc) is 3.96. The minimum Gasteiger partial charge on any atom is -0.461 e. The summed E-state index contributed by atoms with van der Waals surface area (Å²) in [7, 11) is 0. The van der Waals surface area contributed by atoms with Crippen LogP contribution in [0.3, 0.4) is 0 Å². The molecule has 0 saturated carbocycles. The van der Waals surface area contributed by atoms with E-state index in [1.165, 1.54) is 0 Å². The Labute approximate surface area is 317 Å². The molecule has 2 aromatic carbocycles. The minimum atomic E-state index is -0.934. The van der Waals surface area contributed by atoms with E-state index in [0.717, 1.165) is 44.3 Å². The van der Waals surface area contributed by atoms with E-state index in [1.54, 1.807) is 29.3 Å². The summed E-state index contributed by atoms with van der Waals surface area (Å²) in [4.78, 5) is 35.8. The molecule has 1 amide bonds. The van der Waals surface area contributed by atoms with Crippen molar-refractivity contribution in [3.63, 3.8) is 0 Å². The van der Waals surface area contributed by atoms with Crippen molar-refractivity contribution >= 4 is 45.0 Å². The summed E-state index contributed by atoms with van der Waals surface area (Å²) in [6.45, 7) is 4.63. The van der Waals surface area contributed by atoms with Crippen molar-refractivity contribution in [2.24, 2.45) is 0 Å². The van der Waals surface area contributed by atoms with Gasteiger partial charge in [0, 0.05) is 80.0 Å². The van der Waals surface area contributed by atoms with Crippen LogP contribution in [-0.4, -0.2) is 124 Å². The lowest BCUT2D eigenvalue weighted by Crippen LogP contribution is -2.55. The number of ether oxygens (including phenoxy) is 2. The fourth-order valence-electron chi connectivity index (χ4n) is 9.36. The highest BCUT2D eigenvalue weighted by Crippen LogP contribution is 2.41. The number of benzene rings is 2. The molecule has 5 saturated heterocycles. The summed E-state index contributed by atoms with van der Waals surface area (Å²) in [5.41, 5.74) is 0.186. The lowest BCUT2D eigenvalue weighted by Gasteiger charge is -2.41. The summed E-state index contributed by atoms with van der Waals surface area (Å²) in [5, 5.41) is 12.2. The summed E-state index contributed by atoms with van der Waals surface area (Å²) >= 11 is 6.64. The molecule has 54 heavy (non-hydrogen) atoms. The normalized spacial score (nSPS) is 27.1. The third kappa shape index (κ3) is 6.32. The van der Waals surface area contributed by atoms with Gasteiger partial charge in [-0.2, -0.15) is 15.2 Å². The van der Waals surface area contributed by atoms with Crippen LogP contribution in [0.1, 0.15) is 32.1 Å². The Bertz CT molecular complexity index is 2180. The lowest BCUT2D eigenvalue weighted by atomic mass is 9.95. The van der Waals surface area contributed by atoms with E-state index in [9.17, 15) is 14.4 Å². The molecule has 11 nitrogen and oxygen atoms in total. The second-order valence-corrected chi connectivity index (χ2v) is 15.6. The number of morpholine rings is 1. The van der Waals surface area contributed by atoms with Crippen LogP contribution in [0, 0.1) is 17.1 Å². The van der Waals surface area contributed by atoms with E-state index in [-0.39, 0.29) is 48.8 Å². The third-order valence-electron chi connectivity index (χ3n) is 12.0. The number of pyridine rings is 1. The van der Waals surface area contributed by atoms with Crippen molar-refractivity contribution in [1.29, 1.82) is 5.26 Å². The number of hydrogen-bond donors (Lipinski definition) is 0. The summed E-state index contributed by atoms with van der Waals surface area (Å²) in [6, 6.07) is 13.2. The number of halogens is 3. The van der Waals surface area contributed by atoms with E-state index < -0.39 is 23.6 Å². The molecule has 7 heterocycles. The van der Waals surface area contributed by atoms with Crippen LogP contribution in [0.5, 0.6) is 6.01 Å². The first-order valence-electron chi connectivity index (χ1n) is 18.8. The van der Waals surface area contributed by atoms with E-state index in [2.05, 4.69) is 25.8 Å². The smallest absolute Gasteiger partial charge is 0.319 e. The fraction of sp³-hybridized carbons (Fsp3) is 0.475. The van der Waals surface area contributed by atoms with Crippen molar-refractivity contribution in [1.82, 2.24) is 29.7 Å². The van der Waals surface area contributed by atoms with Crippen molar-refractivity contribution in [3.05, 3.63) is 65.6 Å². The molecule has 0 unspecified atom stereocenters. The van der Waals surface area contributed by atoms with Gasteiger partial charge in [0.1, 0.15) is 29.8 Å².